The highest BCUT2D eigenvalue weighted by atomic mass is 32.2. The molecule has 0 aliphatic carbocycles. The molecule has 0 radical (unpaired) electrons. The van der Waals surface area contributed by atoms with Crippen LogP contribution in [0.4, 0.5) is 0 Å². The fourth-order valence-electron chi connectivity index (χ4n) is 3.95. The largest absolute Gasteiger partial charge is 0.377 e. The molecule has 60 heavy (non-hydrogen) atoms. The molecule has 12 N–H and O–H groups in total. The number of hydrogen-bond donors (Lipinski definition) is 13. The van der Waals surface area contributed by atoms with Crippen LogP contribution in [-0.2, 0) is 71.7 Å². The van der Waals surface area contributed by atoms with Crippen LogP contribution in [0.3, 0.4) is 0 Å². The maximum absolute atomic E-state index is 13.0. The van der Waals surface area contributed by atoms with Gasteiger partial charge in [-0.1, -0.05) is 0 Å². The molecule has 338 valence electrons. The SMILES string of the molecule is NC(=O)COCC(=O)NCCOCCOCCOCCNC(=O)C1NC(=O)CNC(=O)C(S)NC(=O)CNC(=O)CNC(=O)CNC(=O)[C@H](CS)NC(=O)CNC(=O)CS1. The molecule has 11 amide bonds. The number of ether oxygens (including phenoxy) is 4. The van der Waals surface area contributed by atoms with Crippen molar-refractivity contribution >= 4 is 102 Å². The number of carbonyl (C=O) groups is 11. The lowest BCUT2D eigenvalue weighted by Gasteiger charge is -2.19. The molecule has 3 atom stereocenters. The van der Waals surface area contributed by atoms with E-state index < -0.39 is 120 Å². The van der Waals surface area contributed by atoms with E-state index in [1.54, 1.807) is 0 Å². The number of thioether (sulfide) groups is 1. The van der Waals surface area contributed by atoms with Crippen LogP contribution in [0.5, 0.6) is 0 Å². The zero-order chi connectivity index (χ0) is 44.7. The van der Waals surface area contributed by atoms with Gasteiger partial charge in [-0.3, -0.25) is 52.7 Å². The Morgan fingerprint density at radius 2 is 1.08 bits per heavy atom. The molecule has 1 rings (SSSR count). The summed E-state index contributed by atoms with van der Waals surface area (Å²) in [6.45, 7) is -2.47. The minimum Gasteiger partial charge on any atom is -0.377 e. The number of rotatable bonds is 18. The van der Waals surface area contributed by atoms with Gasteiger partial charge in [-0.25, -0.2) is 0 Å². The summed E-state index contributed by atoms with van der Waals surface area (Å²) in [7, 11) is 0. The van der Waals surface area contributed by atoms with E-state index in [1.807, 2.05) is 0 Å². The molecule has 2 unspecified atom stereocenters. The van der Waals surface area contributed by atoms with Crippen molar-refractivity contribution in [3.63, 3.8) is 0 Å². The molecule has 0 bridgehead atoms. The number of primary amides is 1. The van der Waals surface area contributed by atoms with E-state index in [-0.39, 0.29) is 71.7 Å². The second kappa shape index (κ2) is 31.9. The second-order valence-electron chi connectivity index (χ2n) is 11.7. The van der Waals surface area contributed by atoms with Gasteiger partial charge in [0.05, 0.1) is 78.1 Å². The number of hydrogen-bond acceptors (Lipinski definition) is 18. The summed E-state index contributed by atoms with van der Waals surface area (Å²) < 4.78 is 20.9. The molecule has 0 aromatic carbocycles. The molecule has 26 nitrogen and oxygen atoms in total. The van der Waals surface area contributed by atoms with Crippen molar-refractivity contribution in [1.82, 2.24) is 53.2 Å². The first-order valence-corrected chi connectivity index (χ1v) is 20.1. The van der Waals surface area contributed by atoms with Crippen LogP contribution < -0.4 is 58.9 Å². The summed E-state index contributed by atoms with van der Waals surface area (Å²) >= 11 is 8.65. The van der Waals surface area contributed by atoms with E-state index in [9.17, 15) is 52.7 Å². The minimum atomic E-state index is -1.46. The van der Waals surface area contributed by atoms with E-state index in [2.05, 4.69) is 78.4 Å². The molecule has 1 heterocycles. The van der Waals surface area contributed by atoms with Gasteiger partial charge >= 0.3 is 0 Å². The normalized spacial score (nSPS) is 19.8. The van der Waals surface area contributed by atoms with Gasteiger partial charge in [-0.15, -0.1) is 24.4 Å². The van der Waals surface area contributed by atoms with E-state index >= 15 is 0 Å². The van der Waals surface area contributed by atoms with Crippen molar-refractivity contribution in [1.29, 1.82) is 0 Å². The van der Waals surface area contributed by atoms with Crippen molar-refractivity contribution in [3.8, 4) is 0 Å². The molecule has 1 fully saturated rings. The molecular weight excluding hydrogens is 863 g/mol. The Kier molecular flexibility index (Phi) is 28.2. The van der Waals surface area contributed by atoms with Gasteiger partial charge in [0.25, 0.3) is 11.8 Å². The Balaban J connectivity index is 2.65. The van der Waals surface area contributed by atoms with Gasteiger partial charge in [0, 0.05) is 18.8 Å². The van der Waals surface area contributed by atoms with Gasteiger partial charge in [0.15, 0.2) is 10.7 Å². The molecule has 0 aromatic heterocycles. The summed E-state index contributed by atoms with van der Waals surface area (Å²) in [5.74, 6) is -9.01. The summed E-state index contributed by atoms with van der Waals surface area (Å²) in [4.78, 5) is 134. The number of carbonyl (C=O) groups excluding carboxylic acids is 11. The van der Waals surface area contributed by atoms with Crippen molar-refractivity contribution < 1.29 is 71.7 Å². The summed E-state index contributed by atoms with van der Waals surface area (Å²) in [6, 6.07) is -1.21. The van der Waals surface area contributed by atoms with Crippen LogP contribution in [-0.4, -0.2) is 192 Å². The Hall–Kier alpha value is -4.94. The number of nitrogens with one attached hydrogen (secondary N) is 10. The van der Waals surface area contributed by atoms with Gasteiger partial charge in [0.2, 0.25) is 53.2 Å². The maximum atomic E-state index is 13.0. The van der Waals surface area contributed by atoms with Gasteiger partial charge in [-0.2, -0.15) is 12.6 Å². The van der Waals surface area contributed by atoms with Crippen LogP contribution in [0.25, 0.3) is 0 Å². The number of nitrogens with two attached hydrogens (primary N) is 1. The Morgan fingerprint density at radius 3 is 1.68 bits per heavy atom. The molecule has 0 saturated carbocycles. The van der Waals surface area contributed by atoms with Crippen molar-refractivity contribution in [3.05, 3.63) is 0 Å². The predicted octanol–water partition coefficient (Wildman–Crippen LogP) is -8.67. The third-order valence-electron chi connectivity index (χ3n) is 6.81. The highest BCUT2D eigenvalue weighted by Crippen LogP contribution is 2.08. The minimum absolute atomic E-state index is 0.0245. The maximum Gasteiger partial charge on any atom is 0.253 e. The lowest BCUT2D eigenvalue weighted by molar-refractivity contribution is -0.131. The van der Waals surface area contributed by atoms with Gasteiger partial charge in [-0.05, 0) is 0 Å². The zero-order valence-electron chi connectivity index (χ0n) is 32.3. The topological polar surface area (TPSA) is 371 Å². The fraction of sp³-hybridized carbons (Fsp3) is 0.645. The zero-order valence-corrected chi connectivity index (χ0v) is 34.9. The molecule has 0 spiro atoms. The first-order chi connectivity index (χ1) is 28.6. The smallest absolute Gasteiger partial charge is 0.253 e. The number of amides is 11. The third-order valence-corrected chi connectivity index (χ3v) is 8.63. The van der Waals surface area contributed by atoms with Crippen molar-refractivity contribution in [2.75, 3.05) is 110 Å². The first-order valence-electron chi connectivity index (χ1n) is 17.9. The average molecular weight is 914 g/mol. The molecule has 1 saturated heterocycles. The standard InChI is InChI=1S/C31H51N11O15S3/c32-19(43)14-57-15-25(49)33-1-3-54-5-7-56-8-6-55-4-2-34-29(53)31-42-24(48)13-39-28(52)30(59)41-23(47)12-36-20(44)9-35-21(45)10-38-27(51)18(16-58)40-22(46)11-37-26(50)17-60-31/h18,30-31,58-59H,1-17H2,(H2,32,43)(H,33,49)(H,34,53)(H,35,45)(H,36,44)(H,37,50)(H,38,51)(H,39,52)(H,40,46)(H,41,47)(H,42,48)/t18-,30?,31?/m0/s1. The van der Waals surface area contributed by atoms with E-state index in [1.165, 1.54) is 0 Å². The average Bonchev–Trinajstić information content (AvgIpc) is 3.21. The summed E-state index contributed by atoms with van der Waals surface area (Å²) in [5, 5.41) is 20.3. The fourth-order valence-corrected chi connectivity index (χ4v) is 5.32. The predicted molar refractivity (Wildman–Crippen MR) is 215 cm³/mol. The van der Waals surface area contributed by atoms with E-state index in [4.69, 9.17) is 24.7 Å². The second-order valence-corrected chi connectivity index (χ2v) is 13.7. The number of thiol groups is 2. The Morgan fingerprint density at radius 1 is 0.600 bits per heavy atom. The Labute approximate surface area is 358 Å². The monoisotopic (exact) mass is 913 g/mol. The van der Waals surface area contributed by atoms with Crippen molar-refractivity contribution in [2.45, 2.75) is 16.8 Å². The van der Waals surface area contributed by atoms with E-state index in [0.29, 0.717) is 11.8 Å². The lowest BCUT2D eigenvalue weighted by Crippen LogP contribution is -2.53. The molecule has 29 heteroatoms. The van der Waals surface area contributed by atoms with Gasteiger partial charge < -0.3 is 77.8 Å². The first kappa shape index (κ1) is 53.1. The van der Waals surface area contributed by atoms with E-state index in [0.717, 1.165) is 0 Å². The Bertz CT molecular complexity index is 1500. The van der Waals surface area contributed by atoms with Crippen LogP contribution in [0.2, 0.25) is 0 Å². The molecule has 1 aliphatic heterocycles. The van der Waals surface area contributed by atoms with Crippen LogP contribution in [0.15, 0.2) is 0 Å². The summed E-state index contributed by atoms with van der Waals surface area (Å²) in [6.07, 6.45) is 0. The van der Waals surface area contributed by atoms with Crippen LogP contribution in [0, 0.1) is 0 Å². The van der Waals surface area contributed by atoms with Crippen LogP contribution >= 0.6 is 37.0 Å². The molecular formula is C31H51N11O15S3. The lowest BCUT2D eigenvalue weighted by atomic mass is 10.3. The quantitative estimate of drug-likeness (QED) is 0.0449. The van der Waals surface area contributed by atoms with Crippen LogP contribution in [0.1, 0.15) is 0 Å². The van der Waals surface area contributed by atoms with Gasteiger partial charge in [0.1, 0.15) is 19.3 Å². The highest BCUT2D eigenvalue weighted by Gasteiger charge is 2.25. The third kappa shape index (κ3) is 26.9. The van der Waals surface area contributed by atoms with Crippen molar-refractivity contribution in [2.24, 2.45) is 5.73 Å². The molecule has 0 aromatic rings. The molecule has 1 aliphatic rings. The summed E-state index contributed by atoms with van der Waals surface area (Å²) in [5.41, 5.74) is 4.91. The highest BCUT2D eigenvalue weighted by molar-refractivity contribution is 8.01.